The van der Waals surface area contributed by atoms with Gasteiger partial charge in [0.05, 0.1) is 50.1 Å². The monoisotopic (exact) mass is 1640 g/mol. The van der Waals surface area contributed by atoms with Crippen molar-refractivity contribution in [3.8, 4) is 33.6 Å². The van der Waals surface area contributed by atoms with Crippen LogP contribution in [-0.4, -0.2) is 115 Å². The van der Waals surface area contributed by atoms with Gasteiger partial charge in [-0.15, -0.1) is 0 Å². The summed E-state index contributed by atoms with van der Waals surface area (Å²) >= 11 is 0. The molecule has 1 aromatic heterocycles. The molecule has 9 rings (SSSR count). The fourth-order valence-corrected chi connectivity index (χ4v) is 10.8. The van der Waals surface area contributed by atoms with Gasteiger partial charge in [0.15, 0.2) is 5.78 Å². The van der Waals surface area contributed by atoms with Crippen LogP contribution in [0.25, 0.3) is 55.4 Å². The minimum absolute atomic E-state index is 0. The number of pyridine rings is 1. The molecule has 0 amide bonds. The second-order valence-corrected chi connectivity index (χ2v) is 28.5. The minimum Gasteiger partial charge on any atom is -0.481 e. The van der Waals surface area contributed by atoms with Crippen molar-refractivity contribution < 1.29 is 92.9 Å². The van der Waals surface area contributed by atoms with Crippen LogP contribution in [-0.2, 0) is 82.4 Å². The van der Waals surface area contributed by atoms with Gasteiger partial charge in [-0.25, -0.2) is 14.2 Å². The second kappa shape index (κ2) is 39.9. The van der Waals surface area contributed by atoms with E-state index in [1.54, 1.807) is 57.5 Å². The number of carboxylic acid groups (broad SMARTS) is 1. The molecule has 3 aliphatic rings. The fraction of sp³-hybridized carbons (Fsp3) is 0.419. The average molecular weight is 1640 g/mol. The number of aryl methyl sites for hydroxylation is 1. The standard InChI is InChI=1S/C36H45N2O5.C30H28N2O4.C13H22O5.C6H12O2.CH3.W/c1-8-36(6,7)35(40)42-22-21-41-34(39)28-16-14-13-15-27(28)33-29-19-17-25(37(9-2)10-3)23-31(29)43-32-24-26(18-20-30(32)33)38(11-4)12-5;1-5-30(2,3)29(35)36-17-18-10-12-19(13-11-18)31-23-14-15-24-26-22(16-25(33)32(24)4)20-8-6-7-9-21(20)28(34)27(23)26;1-6-13(4,5)12(16)18-8-10(14)7-17-11(15)9(2)3;1-4-6(2,3)5(7)8;;/h13-20,23-24H,8-12,21-22H2,1-7H3;6-16,31H,5,17H2,1-4H3;10,14H,2,6-8H2,1,3-5H3;4H2,1-3H3,(H,7,8);1H3;/q+1;;;;-1;. The van der Waals surface area contributed by atoms with Crippen LogP contribution in [0.2, 0.25) is 0 Å². The number of nitrogens with zero attached hydrogens (tertiary/aromatic N) is 3. The smallest absolute Gasteiger partial charge is 0.338 e. The number of anilines is 3. The van der Waals surface area contributed by atoms with Gasteiger partial charge in [-0.2, -0.15) is 0 Å². The first-order valence-corrected chi connectivity index (χ1v) is 36.1. The molecular formula is C86H110N4O16W. The number of carboxylic acids is 1. The van der Waals surface area contributed by atoms with Crippen LogP contribution < -0.4 is 25.7 Å². The molecule has 576 valence electrons. The molecule has 0 radical (unpaired) electrons. The number of fused-ring (bicyclic) bond motifs is 4. The Balaban J connectivity index is 0.000000340. The third-order valence-corrected chi connectivity index (χ3v) is 19.6. The van der Waals surface area contributed by atoms with Gasteiger partial charge >= 0.3 is 35.8 Å². The number of ketones is 1. The number of aliphatic hydroxyl groups is 1. The SMILES string of the molecule is C=C(C)C(=O)OCC(O)COC(=O)C(C)(C)CC.CCC(C)(C)C(=O)O.CCC(C)(C)C(=O)OCc1ccc(Nc2ccc3c4c(cc(=O)n3C)-c3ccccc3C(=O)c24)cc1.CCN(CC)c1ccc2c(-c3ccccc3C(=O)OCCOC(=O)C(C)(C)CC)c3ccc(=[N+](CC)CC)cc-3oc2c1.[CH3-].[W]. The van der Waals surface area contributed by atoms with E-state index in [0.717, 1.165) is 98.4 Å². The van der Waals surface area contributed by atoms with E-state index < -0.39 is 45.7 Å². The van der Waals surface area contributed by atoms with E-state index in [-0.39, 0.29) is 96.3 Å². The first-order valence-electron chi connectivity index (χ1n) is 36.1. The topological polar surface area (TPSA) is 260 Å². The second-order valence-electron chi connectivity index (χ2n) is 28.5. The zero-order chi connectivity index (χ0) is 77.9. The molecule has 0 fully saturated rings. The molecule has 6 aromatic rings. The molecule has 1 atom stereocenters. The Morgan fingerprint density at radius 3 is 1.69 bits per heavy atom. The van der Waals surface area contributed by atoms with Gasteiger partial charge in [0.25, 0.3) is 5.56 Å². The summed E-state index contributed by atoms with van der Waals surface area (Å²) < 4.78 is 36.6. The third-order valence-electron chi connectivity index (χ3n) is 19.6. The first kappa shape index (κ1) is 89.9. The van der Waals surface area contributed by atoms with Crippen LogP contribution in [0.5, 0.6) is 0 Å². The Labute approximate surface area is 645 Å². The number of rotatable bonds is 27. The molecule has 1 aliphatic heterocycles. The molecule has 2 heterocycles. The van der Waals surface area contributed by atoms with E-state index in [9.17, 15) is 43.5 Å². The van der Waals surface area contributed by atoms with Gasteiger partial charge in [0.1, 0.15) is 63.6 Å². The maximum Gasteiger partial charge on any atom is 0.338 e. The summed E-state index contributed by atoms with van der Waals surface area (Å²) in [6.07, 6.45) is 1.68. The molecule has 0 bridgehead atoms. The third kappa shape index (κ3) is 22.5. The maximum atomic E-state index is 13.6. The Bertz CT molecular complexity index is 4550. The van der Waals surface area contributed by atoms with Crippen LogP contribution >= 0.6 is 0 Å². The van der Waals surface area contributed by atoms with E-state index >= 15 is 0 Å². The molecule has 21 heteroatoms. The number of hydrogen-bond acceptors (Lipinski definition) is 17. The zero-order valence-corrected chi connectivity index (χ0v) is 68.9. The van der Waals surface area contributed by atoms with Gasteiger partial charge < -0.3 is 60.5 Å². The van der Waals surface area contributed by atoms with Gasteiger partial charge in [-0.1, -0.05) is 88.9 Å². The Morgan fingerprint density at radius 1 is 0.598 bits per heavy atom. The van der Waals surface area contributed by atoms with Gasteiger partial charge in [-0.05, 0) is 186 Å². The van der Waals surface area contributed by atoms with Crippen molar-refractivity contribution in [3.63, 3.8) is 0 Å². The Kier molecular flexibility index (Phi) is 33.5. The molecule has 5 aromatic carbocycles. The van der Waals surface area contributed by atoms with E-state index in [4.69, 9.17) is 33.2 Å². The number of carbonyl (C=O) groups excluding carboxylic acids is 6. The van der Waals surface area contributed by atoms with Gasteiger partial charge in [-0.3, -0.25) is 28.8 Å². The number of esters is 5. The van der Waals surface area contributed by atoms with Crippen molar-refractivity contribution in [2.75, 3.05) is 62.8 Å². The average Bonchev–Trinajstić information content (AvgIpc) is 0.726. The predicted molar refractivity (Wildman–Crippen MR) is 420 cm³/mol. The van der Waals surface area contributed by atoms with Crippen LogP contribution in [0.1, 0.15) is 175 Å². The van der Waals surface area contributed by atoms with Crippen molar-refractivity contribution >= 4 is 80.5 Å². The largest absolute Gasteiger partial charge is 0.481 e. The molecular weight excluding hydrogens is 1530 g/mol. The molecule has 107 heavy (non-hydrogen) atoms. The zero-order valence-electron chi connectivity index (χ0n) is 66.0. The predicted octanol–water partition coefficient (Wildman–Crippen LogP) is 16.4. The molecule has 3 N–H and O–H groups in total. The normalized spacial score (nSPS) is 11.8. The van der Waals surface area contributed by atoms with Crippen LogP contribution in [0.15, 0.2) is 149 Å². The van der Waals surface area contributed by atoms with E-state index in [2.05, 4.69) is 85.5 Å². The molecule has 1 unspecified atom stereocenters. The number of ether oxygens (including phenoxy) is 5. The van der Waals surface area contributed by atoms with Crippen LogP contribution in [0.4, 0.5) is 17.1 Å². The molecule has 0 saturated carbocycles. The summed E-state index contributed by atoms with van der Waals surface area (Å²) in [4.78, 5) is 99.5. The van der Waals surface area contributed by atoms with Crippen LogP contribution in [0.3, 0.4) is 0 Å². The number of aromatic nitrogens is 1. The number of benzene rings is 6. The molecule has 20 nitrogen and oxygen atoms in total. The van der Waals surface area contributed by atoms with Crippen molar-refractivity contribution in [2.45, 2.75) is 156 Å². The summed E-state index contributed by atoms with van der Waals surface area (Å²) in [5, 5.41) is 24.1. The number of hydrogen-bond donors (Lipinski definition) is 3. The Hall–Kier alpha value is -9.52. The van der Waals surface area contributed by atoms with Crippen molar-refractivity contribution in [1.82, 2.24) is 9.14 Å². The van der Waals surface area contributed by atoms with E-state index in [0.29, 0.717) is 53.6 Å². The van der Waals surface area contributed by atoms with E-state index in [1.807, 2.05) is 128 Å². The summed E-state index contributed by atoms with van der Waals surface area (Å²) in [7, 11) is 1.72. The van der Waals surface area contributed by atoms with Gasteiger partial charge in [0.2, 0.25) is 5.36 Å². The summed E-state index contributed by atoms with van der Waals surface area (Å²) in [5.41, 5.74) is 8.54. The van der Waals surface area contributed by atoms with Crippen molar-refractivity contribution in [3.05, 3.63) is 185 Å². The minimum atomic E-state index is -1.02. The van der Waals surface area contributed by atoms with E-state index in [1.165, 1.54) is 6.92 Å². The van der Waals surface area contributed by atoms with Crippen LogP contribution in [0, 0.1) is 29.1 Å². The quantitative estimate of drug-likeness (QED) is 0.00822. The summed E-state index contributed by atoms with van der Waals surface area (Å²) in [5.74, 6) is -1.99. The number of aliphatic hydroxyl groups excluding tert-OH is 1. The molecule has 0 spiro atoms. The Morgan fingerprint density at radius 2 is 1.14 bits per heavy atom. The number of aliphatic carboxylic acids is 1. The summed E-state index contributed by atoms with van der Waals surface area (Å²) in [6, 6.07) is 40.3. The summed E-state index contributed by atoms with van der Waals surface area (Å²) in [6.45, 7) is 38.9. The van der Waals surface area contributed by atoms with Crippen molar-refractivity contribution in [1.29, 1.82) is 0 Å². The fourth-order valence-electron chi connectivity index (χ4n) is 10.8. The van der Waals surface area contributed by atoms with Gasteiger partial charge in [0, 0.05) is 104 Å². The first-order chi connectivity index (χ1) is 49.6. The molecule has 2 aliphatic carbocycles. The number of nitrogens with one attached hydrogen (secondary N) is 1. The number of carbonyl (C=O) groups is 7. The van der Waals surface area contributed by atoms with Crippen molar-refractivity contribution in [2.24, 2.45) is 28.7 Å². The maximum absolute atomic E-state index is 13.6. The molecule has 0 saturated heterocycles.